The van der Waals surface area contributed by atoms with Crippen LogP contribution in [0.1, 0.15) is 36.2 Å². The number of carbonyl (C=O) groups is 1. The van der Waals surface area contributed by atoms with Gasteiger partial charge in [-0.1, -0.05) is 42.0 Å². The van der Waals surface area contributed by atoms with E-state index in [0.29, 0.717) is 19.6 Å². The molecule has 0 unspecified atom stereocenters. The van der Waals surface area contributed by atoms with Crippen molar-refractivity contribution >= 4 is 16.6 Å². The van der Waals surface area contributed by atoms with Crippen molar-refractivity contribution in [3.63, 3.8) is 0 Å². The molecular formula is C18H18O2. The summed E-state index contributed by atoms with van der Waals surface area (Å²) in [5, 5.41) is 2.15. The Labute approximate surface area is 119 Å². The highest BCUT2D eigenvalue weighted by molar-refractivity contribution is 6.10. The summed E-state index contributed by atoms with van der Waals surface area (Å²) in [6, 6.07) is 12.1. The summed E-state index contributed by atoms with van der Waals surface area (Å²) in [5.74, 6) is 0.205. The van der Waals surface area contributed by atoms with Crippen molar-refractivity contribution in [3.8, 4) is 0 Å². The van der Waals surface area contributed by atoms with Crippen molar-refractivity contribution in [2.75, 3.05) is 6.61 Å². The lowest BCUT2D eigenvalue weighted by Gasteiger charge is -2.18. The van der Waals surface area contributed by atoms with Gasteiger partial charge in [0, 0.05) is 12.0 Å². The largest absolute Gasteiger partial charge is 0.372 e. The minimum Gasteiger partial charge on any atom is -0.372 e. The summed E-state index contributed by atoms with van der Waals surface area (Å²) in [7, 11) is 0. The molecule has 3 rings (SSSR count). The number of hydrogen-bond donors (Lipinski definition) is 0. The summed E-state index contributed by atoms with van der Waals surface area (Å²) in [6.45, 7) is 5.14. The number of ether oxygens (including phenoxy) is 1. The van der Waals surface area contributed by atoms with E-state index in [9.17, 15) is 4.79 Å². The number of allylic oxidation sites excluding steroid dienone is 1. The molecule has 1 aliphatic heterocycles. The molecule has 2 aromatic rings. The third-order valence-corrected chi connectivity index (χ3v) is 3.91. The number of hydrogen-bond acceptors (Lipinski definition) is 2. The Balaban J connectivity index is 2.19. The average molecular weight is 266 g/mol. The van der Waals surface area contributed by atoms with Gasteiger partial charge in [0.2, 0.25) is 0 Å². The quantitative estimate of drug-likeness (QED) is 0.665. The van der Waals surface area contributed by atoms with Crippen LogP contribution >= 0.6 is 0 Å². The zero-order valence-electron chi connectivity index (χ0n) is 11.9. The second-order valence-electron chi connectivity index (χ2n) is 5.52. The molecule has 0 aliphatic carbocycles. The molecule has 0 amide bonds. The van der Waals surface area contributed by atoms with E-state index in [2.05, 4.69) is 6.07 Å². The second-order valence-corrected chi connectivity index (χ2v) is 5.52. The highest BCUT2D eigenvalue weighted by atomic mass is 16.5. The highest BCUT2D eigenvalue weighted by Gasteiger charge is 2.20. The van der Waals surface area contributed by atoms with Crippen molar-refractivity contribution < 1.29 is 9.53 Å². The Bertz CT molecular complexity index is 706. The van der Waals surface area contributed by atoms with Crippen LogP contribution in [-0.4, -0.2) is 12.4 Å². The third-order valence-electron chi connectivity index (χ3n) is 3.91. The number of benzene rings is 2. The maximum atomic E-state index is 12.7. The zero-order valence-corrected chi connectivity index (χ0v) is 11.9. The van der Waals surface area contributed by atoms with Gasteiger partial charge in [0.1, 0.15) is 0 Å². The first-order chi connectivity index (χ1) is 9.66. The highest BCUT2D eigenvalue weighted by Crippen LogP contribution is 2.28. The Morgan fingerprint density at radius 1 is 1.05 bits per heavy atom. The van der Waals surface area contributed by atoms with Gasteiger partial charge >= 0.3 is 0 Å². The van der Waals surface area contributed by atoms with Gasteiger partial charge in [-0.25, -0.2) is 0 Å². The first kappa shape index (κ1) is 13.1. The normalized spacial score (nSPS) is 15.7. The zero-order chi connectivity index (χ0) is 14.1. The van der Waals surface area contributed by atoms with E-state index in [-0.39, 0.29) is 5.78 Å². The molecule has 0 radical (unpaired) electrons. The molecule has 20 heavy (non-hydrogen) atoms. The maximum Gasteiger partial charge on any atom is 0.167 e. The number of fused-ring (bicyclic) bond motifs is 3. The van der Waals surface area contributed by atoms with E-state index >= 15 is 0 Å². The fourth-order valence-electron chi connectivity index (χ4n) is 2.70. The molecule has 0 saturated carbocycles. The molecule has 0 bridgehead atoms. The van der Waals surface area contributed by atoms with Crippen molar-refractivity contribution in [2.24, 2.45) is 0 Å². The van der Waals surface area contributed by atoms with E-state index in [1.165, 1.54) is 5.57 Å². The molecule has 102 valence electrons. The van der Waals surface area contributed by atoms with Crippen LogP contribution in [-0.2, 0) is 11.3 Å². The lowest BCUT2D eigenvalue weighted by atomic mass is 9.91. The topological polar surface area (TPSA) is 26.3 Å². The minimum atomic E-state index is 0.205. The fraction of sp³-hybridized carbons (Fsp3) is 0.278. The summed E-state index contributed by atoms with van der Waals surface area (Å²) in [5.41, 5.74) is 4.12. The molecule has 0 spiro atoms. The molecule has 2 nitrogen and oxygen atoms in total. The van der Waals surface area contributed by atoms with Gasteiger partial charge in [-0.05, 0) is 35.8 Å². The van der Waals surface area contributed by atoms with E-state index < -0.39 is 0 Å². The predicted molar refractivity (Wildman–Crippen MR) is 80.9 cm³/mol. The number of ketones is 1. The van der Waals surface area contributed by atoms with E-state index in [1.54, 1.807) is 0 Å². The Hall–Kier alpha value is -1.93. The molecule has 2 aromatic carbocycles. The SMILES string of the molecule is CC(C)=C1COCc2ccc3ccccc3c2C(=O)C1. The van der Waals surface area contributed by atoms with Crippen LogP contribution in [0.2, 0.25) is 0 Å². The van der Waals surface area contributed by atoms with E-state index in [4.69, 9.17) is 4.74 Å². The number of carbonyl (C=O) groups excluding carboxylic acids is 1. The molecular weight excluding hydrogens is 248 g/mol. The standard InChI is InChI=1S/C18H18O2/c1-12(2)15-9-17(19)18-14(10-20-11-15)8-7-13-5-3-4-6-16(13)18/h3-8H,9-11H2,1-2H3. The van der Waals surface area contributed by atoms with E-state index in [1.807, 2.05) is 44.2 Å². The lowest BCUT2D eigenvalue weighted by molar-refractivity contribution is 0.0947. The monoisotopic (exact) mass is 266 g/mol. The van der Waals surface area contributed by atoms with Crippen LogP contribution < -0.4 is 0 Å². The number of rotatable bonds is 0. The molecule has 0 saturated heterocycles. The fourth-order valence-corrected chi connectivity index (χ4v) is 2.70. The first-order valence-corrected chi connectivity index (χ1v) is 6.93. The third kappa shape index (κ3) is 2.27. The molecule has 1 aliphatic rings. The van der Waals surface area contributed by atoms with Gasteiger partial charge < -0.3 is 4.74 Å². The Morgan fingerprint density at radius 2 is 1.85 bits per heavy atom. The molecule has 0 N–H and O–H groups in total. The van der Waals surface area contributed by atoms with Crippen molar-refractivity contribution in [2.45, 2.75) is 26.9 Å². The van der Waals surface area contributed by atoms with Gasteiger partial charge in [-0.3, -0.25) is 4.79 Å². The van der Waals surface area contributed by atoms with Crippen molar-refractivity contribution in [1.82, 2.24) is 0 Å². The molecule has 2 heteroatoms. The van der Waals surface area contributed by atoms with Crippen LogP contribution in [0.4, 0.5) is 0 Å². The van der Waals surface area contributed by atoms with Gasteiger partial charge in [0.15, 0.2) is 5.78 Å². The van der Waals surface area contributed by atoms with Crippen LogP contribution in [0.25, 0.3) is 10.8 Å². The van der Waals surface area contributed by atoms with Crippen LogP contribution in [0.15, 0.2) is 47.5 Å². The van der Waals surface area contributed by atoms with Crippen molar-refractivity contribution in [3.05, 3.63) is 58.7 Å². The van der Waals surface area contributed by atoms with Crippen LogP contribution in [0.3, 0.4) is 0 Å². The van der Waals surface area contributed by atoms with Crippen LogP contribution in [0.5, 0.6) is 0 Å². The summed E-state index contributed by atoms with van der Waals surface area (Å²) >= 11 is 0. The second kappa shape index (κ2) is 5.22. The van der Waals surface area contributed by atoms with E-state index in [0.717, 1.165) is 27.5 Å². The lowest BCUT2D eigenvalue weighted by Crippen LogP contribution is -2.14. The summed E-state index contributed by atoms with van der Waals surface area (Å²) in [6.07, 6.45) is 0.462. The maximum absolute atomic E-state index is 12.7. The van der Waals surface area contributed by atoms with Crippen LogP contribution in [0, 0.1) is 0 Å². The van der Waals surface area contributed by atoms with Gasteiger partial charge in [-0.2, -0.15) is 0 Å². The number of Topliss-reactive ketones (excluding diaryl/α,β-unsaturated/α-hetero) is 1. The molecule has 0 aromatic heterocycles. The average Bonchev–Trinajstić information content (AvgIpc) is 2.43. The van der Waals surface area contributed by atoms with Gasteiger partial charge in [0.25, 0.3) is 0 Å². The van der Waals surface area contributed by atoms with Crippen molar-refractivity contribution in [1.29, 1.82) is 0 Å². The van der Waals surface area contributed by atoms with Gasteiger partial charge in [-0.15, -0.1) is 0 Å². The minimum absolute atomic E-state index is 0.205. The Morgan fingerprint density at radius 3 is 2.65 bits per heavy atom. The smallest absolute Gasteiger partial charge is 0.167 e. The Kier molecular flexibility index (Phi) is 3.41. The summed E-state index contributed by atoms with van der Waals surface area (Å²) in [4.78, 5) is 12.7. The summed E-state index contributed by atoms with van der Waals surface area (Å²) < 4.78 is 5.76. The predicted octanol–water partition coefficient (Wildman–Crippen LogP) is 4.28. The molecule has 0 fully saturated rings. The molecule has 1 heterocycles. The first-order valence-electron chi connectivity index (χ1n) is 6.93. The van der Waals surface area contributed by atoms with Gasteiger partial charge in [0.05, 0.1) is 13.2 Å². The molecule has 0 atom stereocenters.